The van der Waals surface area contributed by atoms with E-state index in [0.717, 1.165) is 16.1 Å². The fourth-order valence-electron chi connectivity index (χ4n) is 2.62. The van der Waals surface area contributed by atoms with Gasteiger partial charge in [0, 0.05) is 10.9 Å². The Balaban J connectivity index is 1.51. The van der Waals surface area contributed by atoms with E-state index in [9.17, 15) is 9.59 Å². The highest BCUT2D eigenvalue weighted by molar-refractivity contribution is 7.13. The summed E-state index contributed by atoms with van der Waals surface area (Å²) in [5, 5.41) is 8.11. The molecule has 0 fully saturated rings. The molecule has 0 spiro atoms. The van der Waals surface area contributed by atoms with Gasteiger partial charge >= 0.3 is 0 Å². The second-order valence-corrected chi connectivity index (χ2v) is 7.07. The molecule has 0 saturated heterocycles. The number of nitrogens with zero attached hydrogens (tertiary/aromatic N) is 1. The normalized spacial score (nSPS) is 10.4. The molecule has 6 nitrogen and oxygen atoms in total. The molecule has 2 N–H and O–H groups in total. The van der Waals surface area contributed by atoms with Gasteiger partial charge in [0.1, 0.15) is 10.8 Å². The van der Waals surface area contributed by atoms with Crippen molar-refractivity contribution in [2.75, 3.05) is 19.0 Å². The molecule has 1 aromatic heterocycles. The fourth-order valence-corrected chi connectivity index (χ4v) is 3.45. The van der Waals surface area contributed by atoms with Crippen LogP contribution in [0.25, 0.3) is 10.6 Å². The van der Waals surface area contributed by atoms with Crippen LogP contribution >= 0.6 is 11.3 Å². The lowest BCUT2D eigenvalue weighted by atomic mass is 10.2. The molecule has 0 atom stereocenters. The molecule has 3 rings (SSSR count). The van der Waals surface area contributed by atoms with Crippen LogP contribution in [0.3, 0.4) is 0 Å². The van der Waals surface area contributed by atoms with Crippen LogP contribution in [-0.4, -0.2) is 30.5 Å². The maximum absolute atomic E-state index is 12.1. The molecule has 0 aliphatic carbocycles. The minimum Gasteiger partial charge on any atom is -0.495 e. The largest absolute Gasteiger partial charge is 0.495 e. The van der Waals surface area contributed by atoms with Crippen molar-refractivity contribution in [1.82, 2.24) is 10.3 Å². The van der Waals surface area contributed by atoms with Crippen molar-refractivity contribution in [2.24, 2.45) is 0 Å². The first-order chi connectivity index (χ1) is 13.5. The number of rotatable bonds is 7. The molecule has 144 valence electrons. The summed E-state index contributed by atoms with van der Waals surface area (Å²) >= 11 is 1.49. The average molecular weight is 395 g/mol. The van der Waals surface area contributed by atoms with Crippen molar-refractivity contribution in [2.45, 2.75) is 13.3 Å². The van der Waals surface area contributed by atoms with Gasteiger partial charge in [0.2, 0.25) is 11.8 Å². The van der Waals surface area contributed by atoms with Crippen molar-refractivity contribution in [3.05, 3.63) is 65.2 Å². The number of aryl methyl sites for hydroxylation is 1. The lowest BCUT2D eigenvalue weighted by molar-refractivity contribution is -0.123. The van der Waals surface area contributed by atoms with Crippen molar-refractivity contribution in [3.63, 3.8) is 0 Å². The van der Waals surface area contributed by atoms with Gasteiger partial charge in [0.15, 0.2) is 0 Å². The van der Waals surface area contributed by atoms with Gasteiger partial charge in [-0.1, -0.05) is 36.4 Å². The minimum absolute atomic E-state index is 0.119. The molecule has 1 heterocycles. The SMILES string of the molecule is COc1ccc(C)cc1NC(=O)CNC(=O)Cc1csc(-c2ccccc2)n1. The lowest BCUT2D eigenvalue weighted by Gasteiger charge is -2.11. The molecule has 0 bridgehead atoms. The number of benzene rings is 2. The molecule has 3 aromatic rings. The molecule has 0 radical (unpaired) electrons. The number of carbonyl (C=O) groups excluding carboxylic acids is 2. The third kappa shape index (κ3) is 5.17. The number of methoxy groups -OCH3 is 1. The van der Waals surface area contributed by atoms with Crippen LogP contribution in [0.15, 0.2) is 53.9 Å². The van der Waals surface area contributed by atoms with E-state index in [0.29, 0.717) is 17.1 Å². The van der Waals surface area contributed by atoms with Gasteiger partial charge in [-0.25, -0.2) is 4.98 Å². The molecular weight excluding hydrogens is 374 g/mol. The fraction of sp³-hybridized carbons (Fsp3) is 0.190. The maximum Gasteiger partial charge on any atom is 0.243 e. The van der Waals surface area contributed by atoms with Gasteiger partial charge in [-0.2, -0.15) is 0 Å². The highest BCUT2D eigenvalue weighted by atomic mass is 32.1. The monoisotopic (exact) mass is 395 g/mol. The average Bonchev–Trinajstić information content (AvgIpc) is 3.16. The zero-order valence-electron chi connectivity index (χ0n) is 15.7. The number of hydrogen-bond acceptors (Lipinski definition) is 5. The lowest BCUT2D eigenvalue weighted by Crippen LogP contribution is -2.33. The summed E-state index contributed by atoms with van der Waals surface area (Å²) in [4.78, 5) is 28.8. The summed E-state index contributed by atoms with van der Waals surface area (Å²) in [6.45, 7) is 1.81. The van der Waals surface area contributed by atoms with Crippen molar-refractivity contribution >= 4 is 28.8 Å². The van der Waals surface area contributed by atoms with E-state index in [1.165, 1.54) is 11.3 Å². The summed E-state index contributed by atoms with van der Waals surface area (Å²) in [6.07, 6.45) is 0.129. The predicted octanol–water partition coefficient (Wildman–Crippen LogP) is 3.42. The molecular formula is C21H21N3O3S. The standard InChI is InChI=1S/C21H21N3O3S/c1-14-8-9-18(27-2)17(10-14)24-20(26)12-22-19(25)11-16-13-28-21(23-16)15-6-4-3-5-7-15/h3-10,13H,11-12H2,1-2H3,(H,22,25)(H,24,26). The molecule has 28 heavy (non-hydrogen) atoms. The molecule has 2 aromatic carbocycles. The van der Waals surface area contributed by atoms with E-state index in [-0.39, 0.29) is 24.8 Å². The van der Waals surface area contributed by atoms with Crippen LogP contribution in [0.2, 0.25) is 0 Å². The van der Waals surface area contributed by atoms with Crippen LogP contribution in [0.1, 0.15) is 11.3 Å². The minimum atomic E-state index is -0.319. The van der Waals surface area contributed by atoms with Gasteiger partial charge < -0.3 is 15.4 Å². The van der Waals surface area contributed by atoms with E-state index < -0.39 is 0 Å². The molecule has 0 saturated carbocycles. The van der Waals surface area contributed by atoms with Crippen LogP contribution in [-0.2, 0) is 16.0 Å². The van der Waals surface area contributed by atoms with Crippen molar-refractivity contribution in [3.8, 4) is 16.3 Å². The predicted molar refractivity (Wildman–Crippen MR) is 111 cm³/mol. The quantitative estimate of drug-likeness (QED) is 0.642. The molecule has 0 aliphatic rings. The van der Waals surface area contributed by atoms with Crippen LogP contribution in [0, 0.1) is 6.92 Å². The van der Waals surface area contributed by atoms with E-state index in [4.69, 9.17) is 4.74 Å². The molecule has 2 amide bonds. The van der Waals surface area contributed by atoms with E-state index in [1.807, 2.05) is 54.8 Å². The Bertz CT molecular complexity index is 970. The van der Waals surface area contributed by atoms with Gasteiger partial charge in [-0.15, -0.1) is 11.3 Å². The van der Waals surface area contributed by atoms with E-state index >= 15 is 0 Å². The Morgan fingerprint density at radius 2 is 1.89 bits per heavy atom. The Morgan fingerprint density at radius 3 is 2.64 bits per heavy atom. The summed E-state index contributed by atoms with van der Waals surface area (Å²) in [5.41, 5.74) is 3.28. The van der Waals surface area contributed by atoms with Crippen molar-refractivity contribution in [1.29, 1.82) is 0 Å². The van der Waals surface area contributed by atoms with E-state index in [2.05, 4.69) is 15.6 Å². The first-order valence-corrected chi connectivity index (χ1v) is 9.64. The van der Waals surface area contributed by atoms with E-state index in [1.54, 1.807) is 13.2 Å². The zero-order valence-corrected chi connectivity index (χ0v) is 16.5. The Kier molecular flexibility index (Phi) is 6.39. The third-order valence-corrected chi connectivity index (χ3v) is 4.93. The highest BCUT2D eigenvalue weighted by Crippen LogP contribution is 2.25. The smallest absolute Gasteiger partial charge is 0.243 e. The zero-order chi connectivity index (χ0) is 19.9. The second-order valence-electron chi connectivity index (χ2n) is 6.22. The second kappa shape index (κ2) is 9.14. The Hall–Kier alpha value is -3.19. The van der Waals surface area contributed by atoms with Gasteiger partial charge in [0.05, 0.1) is 31.5 Å². The number of aromatic nitrogens is 1. The third-order valence-electron chi connectivity index (χ3n) is 3.99. The summed E-state index contributed by atoms with van der Waals surface area (Å²) in [6, 6.07) is 15.3. The topological polar surface area (TPSA) is 80.3 Å². The molecule has 0 unspecified atom stereocenters. The van der Waals surface area contributed by atoms with Crippen LogP contribution < -0.4 is 15.4 Å². The van der Waals surface area contributed by atoms with Crippen LogP contribution in [0.5, 0.6) is 5.75 Å². The Labute approximate surface area is 167 Å². The summed E-state index contributed by atoms with van der Waals surface area (Å²) < 4.78 is 5.24. The number of ether oxygens (including phenoxy) is 1. The summed E-state index contributed by atoms with van der Waals surface area (Å²) in [7, 11) is 1.54. The first-order valence-electron chi connectivity index (χ1n) is 8.76. The van der Waals surface area contributed by atoms with Gasteiger partial charge in [-0.3, -0.25) is 9.59 Å². The first kappa shape index (κ1) is 19.6. The number of nitrogens with one attached hydrogen (secondary N) is 2. The Morgan fingerprint density at radius 1 is 1.11 bits per heavy atom. The molecule has 7 heteroatoms. The number of anilines is 1. The molecule has 0 aliphatic heterocycles. The van der Waals surface area contributed by atoms with Gasteiger partial charge in [0.25, 0.3) is 0 Å². The maximum atomic E-state index is 12.1. The number of amides is 2. The highest BCUT2D eigenvalue weighted by Gasteiger charge is 2.12. The van der Waals surface area contributed by atoms with Crippen molar-refractivity contribution < 1.29 is 14.3 Å². The van der Waals surface area contributed by atoms with Crippen LogP contribution in [0.4, 0.5) is 5.69 Å². The number of thiazole rings is 1. The van der Waals surface area contributed by atoms with Gasteiger partial charge in [-0.05, 0) is 24.6 Å². The number of hydrogen-bond donors (Lipinski definition) is 2. The number of carbonyl (C=O) groups is 2. The summed E-state index contributed by atoms with van der Waals surface area (Å²) in [5.74, 6) is -0.00189.